The largest absolute Gasteiger partial charge is 0.477 e. The molecule has 0 spiro atoms. The quantitative estimate of drug-likeness (QED) is 0.892. The molecule has 1 fully saturated rings. The highest BCUT2D eigenvalue weighted by atomic mass is 16.4. The molecule has 98 valence electrons. The number of hydrogen-bond acceptors (Lipinski definition) is 3. The minimum Gasteiger partial charge on any atom is -0.477 e. The Bertz CT molecular complexity index is 682. The lowest BCUT2D eigenvalue weighted by Gasteiger charge is -2.11. The molecule has 0 aliphatic heterocycles. The van der Waals surface area contributed by atoms with Gasteiger partial charge in [0.1, 0.15) is 5.69 Å². The Morgan fingerprint density at radius 3 is 2.89 bits per heavy atom. The van der Waals surface area contributed by atoms with Crippen molar-refractivity contribution in [2.45, 2.75) is 25.4 Å². The van der Waals surface area contributed by atoms with Crippen LogP contribution in [0.4, 0.5) is 0 Å². The van der Waals surface area contributed by atoms with Gasteiger partial charge in [-0.2, -0.15) is 0 Å². The Hall–Kier alpha value is -2.37. The number of carboxylic acid groups (broad SMARTS) is 1. The lowest BCUT2D eigenvalue weighted by atomic mass is 10.3. The van der Waals surface area contributed by atoms with E-state index in [0.29, 0.717) is 6.04 Å². The van der Waals surface area contributed by atoms with Gasteiger partial charge < -0.3 is 9.67 Å². The summed E-state index contributed by atoms with van der Waals surface area (Å²) in [7, 11) is 0. The topological polar surface area (TPSA) is 77.1 Å². The zero-order valence-electron chi connectivity index (χ0n) is 10.2. The Balaban J connectivity index is 2.01. The lowest BCUT2D eigenvalue weighted by molar-refractivity contribution is 0.0684. The SMILES string of the molecule is O=C(O)c1cccc(=O)n1Cc1cncn1C1CC1. The van der Waals surface area contributed by atoms with Crippen LogP contribution in [0.3, 0.4) is 0 Å². The number of aromatic carboxylic acids is 1. The van der Waals surface area contributed by atoms with E-state index in [1.54, 1.807) is 12.5 Å². The number of pyridine rings is 1. The van der Waals surface area contributed by atoms with Crippen molar-refractivity contribution in [2.24, 2.45) is 0 Å². The molecule has 1 aliphatic carbocycles. The molecule has 19 heavy (non-hydrogen) atoms. The van der Waals surface area contributed by atoms with Gasteiger partial charge >= 0.3 is 5.97 Å². The van der Waals surface area contributed by atoms with Gasteiger partial charge in [-0.3, -0.25) is 9.36 Å². The molecule has 1 N–H and O–H groups in total. The number of nitrogens with zero attached hydrogens (tertiary/aromatic N) is 3. The molecule has 2 aromatic heterocycles. The summed E-state index contributed by atoms with van der Waals surface area (Å²) < 4.78 is 3.28. The fourth-order valence-electron chi connectivity index (χ4n) is 2.17. The zero-order valence-corrected chi connectivity index (χ0v) is 10.2. The highest BCUT2D eigenvalue weighted by molar-refractivity contribution is 5.85. The third-order valence-electron chi connectivity index (χ3n) is 3.28. The fourth-order valence-corrected chi connectivity index (χ4v) is 2.17. The van der Waals surface area contributed by atoms with Gasteiger partial charge in [-0.25, -0.2) is 9.78 Å². The third kappa shape index (κ3) is 2.16. The molecule has 0 atom stereocenters. The van der Waals surface area contributed by atoms with Gasteiger partial charge in [0.25, 0.3) is 5.56 Å². The minimum atomic E-state index is -1.10. The van der Waals surface area contributed by atoms with Crippen LogP contribution in [0.1, 0.15) is 35.1 Å². The maximum Gasteiger partial charge on any atom is 0.352 e. The predicted octanol–water partition coefficient (Wildman–Crippen LogP) is 1.13. The monoisotopic (exact) mass is 259 g/mol. The maximum atomic E-state index is 11.8. The van der Waals surface area contributed by atoms with Crippen molar-refractivity contribution in [3.8, 4) is 0 Å². The summed E-state index contributed by atoms with van der Waals surface area (Å²) in [5, 5.41) is 9.13. The Morgan fingerprint density at radius 2 is 2.21 bits per heavy atom. The van der Waals surface area contributed by atoms with Crippen LogP contribution in [0.15, 0.2) is 35.5 Å². The number of hydrogen-bond donors (Lipinski definition) is 1. The smallest absolute Gasteiger partial charge is 0.352 e. The molecule has 0 bridgehead atoms. The van der Waals surface area contributed by atoms with Crippen LogP contribution >= 0.6 is 0 Å². The van der Waals surface area contributed by atoms with E-state index in [-0.39, 0.29) is 17.8 Å². The average molecular weight is 259 g/mol. The van der Waals surface area contributed by atoms with Crippen molar-refractivity contribution in [1.82, 2.24) is 14.1 Å². The van der Waals surface area contributed by atoms with E-state index >= 15 is 0 Å². The van der Waals surface area contributed by atoms with E-state index in [2.05, 4.69) is 4.98 Å². The first kappa shape index (κ1) is 11.7. The first-order valence-electron chi connectivity index (χ1n) is 6.10. The highest BCUT2D eigenvalue weighted by Gasteiger charge is 2.25. The summed E-state index contributed by atoms with van der Waals surface area (Å²) >= 11 is 0. The molecular formula is C13H13N3O3. The van der Waals surface area contributed by atoms with Crippen LogP contribution < -0.4 is 5.56 Å². The summed E-state index contributed by atoms with van der Waals surface area (Å²) in [5.74, 6) is -1.10. The number of carboxylic acids is 1. The number of rotatable bonds is 4. The van der Waals surface area contributed by atoms with Gasteiger partial charge in [0.05, 0.1) is 18.6 Å². The van der Waals surface area contributed by atoms with Gasteiger partial charge in [0.2, 0.25) is 0 Å². The molecule has 1 saturated carbocycles. The molecule has 2 aromatic rings. The van der Waals surface area contributed by atoms with Gasteiger partial charge in [0, 0.05) is 18.3 Å². The molecule has 2 heterocycles. The van der Waals surface area contributed by atoms with Crippen molar-refractivity contribution in [1.29, 1.82) is 0 Å². The molecule has 0 saturated heterocycles. The average Bonchev–Trinajstić information content (AvgIpc) is 3.12. The third-order valence-corrected chi connectivity index (χ3v) is 3.28. The number of aromatic nitrogens is 3. The molecule has 0 unspecified atom stereocenters. The predicted molar refractivity (Wildman–Crippen MR) is 67.3 cm³/mol. The van der Waals surface area contributed by atoms with E-state index in [9.17, 15) is 9.59 Å². The first-order chi connectivity index (χ1) is 9.16. The summed E-state index contributed by atoms with van der Waals surface area (Å²) in [6.45, 7) is 0.234. The van der Waals surface area contributed by atoms with E-state index in [4.69, 9.17) is 5.11 Å². The van der Waals surface area contributed by atoms with Gasteiger partial charge in [-0.05, 0) is 18.9 Å². The molecule has 3 rings (SSSR count). The second kappa shape index (κ2) is 4.38. The number of imidazole rings is 1. The van der Waals surface area contributed by atoms with Gasteiger partial charge in [-0.15, -0.1) is 0 Å². The van der Waals surface area contributed by atoms with Crippen LogP contribution in [0.2, 0.25) is 0 Å². The normalized spacial score (nSPS) is 14.5. The van der Waals surface area contributed by atoms with Crippen molar-refractivity contribution < 1.29 is 9.90 Å². The molecule has 0 amide bonds. The van der Waals surface area contributed by atoms with Crippen molar-refractivity contribution in [3.05, 3.63) is 52.5 Å². The molecule has 1 aliphatic rings. The van der Waals surface area contributed by atoms with Crippen LogP contribution in [0.5, 0.6) is 0 Å². The molecular weight excluding hydrogens is 246 g/mol. The second-order valence-electron chi connectivity index (χ2n) is 4.66. The standard InChI is InChI=1S/C13H13N3O3/c17-12-3-1-2-11(13(18)19)15(12)7-10-6-14-8-16(10)9-4-5-9/h1-3,6,8-9H,4-5,7H2,(H,18,19). The maximum absolute atomic E-state index is 11.8. The fraction of sp³-hybridized carbons (Fsp3) is 0.308. The molecule has 0 radical (unpaired) electrons. The lowest BCUT2D eigenvalue weighted by Crippen LogP contribution is -2.26. The minimum absolute atomic E-state index is 0.00366. The van der Waals surface area contributed by atoms with Crippen LogP contribution in [-0.2, 0) is 6.54 Å². The van der Waals surface area contributed by atoms with E-state index in [1.807, 2.05) is 4.57 Å². The molecule has 6 heteroatoms. The van der Waals surface area contributed by atoms with Crippen molar-refractivity contribution >= 4 is 5.97 Å². The van der Waals surface area contributed by atoms with Gasteiger partial charge in [-0.1, -0.05) is 6.07 Å². The summed E-state index contributed by atoms with van der Waals surface area (Å²) in [6, 6.07) is 4.71. The van der Waals surface area contributed by atoms with Crippen LogP contribution in [-0.4, -0.2) is 25.2 Å². The summed E-state index contributed by atoms with van der Waals surface area (Å²) in [6.07, 6.45) is 5.64. The summed E-state index contributed by atoms with van der Waals surface area (Å²) in [5.41, 5.74) is 0.540. The number of carbonyl (C=O) groups is 1. The molecule has 6 nitrogen and oxygen atoms in total. The van der Waals surface area contributed by atoms with Crippen molar-refractivity contribution in [3.63, 3.8) is 0 Å². The first-order valence-corrected chi connectivity index (χ1v) is 6.10. The summed E-state index contributed by atoms with van der Waals surface area (Å²) in [4.78, 5) is 27.1. The second-order valence-corrected chi connectivity index (χ2v) is 4.66. The molecule has 0 aromatic carbocycles. The highest BCUT2D eigenvalue weighted by Crippen LogP contribution is 2.35. The van der Waals surface area contributed by atoms with E-state index in [0.717, 1.165) is 18.5 Å². The van der Waals surface area contributed by atoms with Crippen molar-refractivity contribution in [2.75, 3.05) is 0 Å². The van der Waals surface area contributed by atoms with Gasteiger partial charge in [0.15, 0.2) is 0 Å². The Labute approximate surface area is 108 Å². The Morgan fingerprint density at radius 1 is 1.42 bits per heavy atom. The van der Waals surface area contributed by atoms with E-state index in [1.165, 1.54) is 22.8 Å². The van der Waals surface area contributed by atoms with Crippen LogP contribution in [0, 0.1) is 0 Å². The zero-order chi connectivity index (χ0) is 13.4. The Kier molecular flexibility index (Phi) is 2.70. The van der Waals surface area contributed by atoms with Crippen LogP contribution in [0.25, 0.3) is 0 Å². The van der Waals surface area contributed by atoms with E-state index < -0.39 is 5.97 Å².